The molecule has 2 aromatic rings. The second-order valence-corrected chi connectivity index (χ2v) is 8.15. The fourth-order valence-corrected chi connectivity index (χ4v) is 4.26. The van der Waals surface area contributed by atoms with E-state index in [1.165, 1.54) is 0 Å². The molecule has 0 spiro atoms. The van der Waals surface area contributed by atoms with E-state index in [1.54, 1.807) is 4.90 Å². The third kappa shape index (κ3) is 4.05. The Kier molecular flexibility index (Phi) is 5.64. The van der Waals surface area contributed by atoms with Gasteiger partial charge in [-0.25, -0.2) is 0 Å². The molecule has 2 aromatic carbocycles. The summed E-state index contributed by atoms with van der Waals surface area (Å²) in [5, 5.41) is 3.14. The topological polar surface area (TPSA) is 52.0 Å². The molecule has 0 aromatic heterocycles. The standard InChI is InChI=1S/C23H28N2O3/c1-16(2)14-25-11-12-27-17(15-25)13-24-23(26)22-18-7-3-5-9-20(18)28-21-10-6-4-8-19(21)22/h3-10,16-17,22H,11-15H2,1-2H3,(H,24,26)/p+1/t17-/m0/s1. The van der Waals surface area contributed by atoms with Crippen molar-refractivity contribution in [1.29, 1.82) is 0 Å². The Bertz CT molecular complexity index is 791. The van der Waals surface area contributed by atoms with Gasteiger partial charge in [-0.2, -0.15) is 0 Å². The number of fused-ring (bicyclic) bond motifs is 2. The molecular formula is C23H29N2O3+. The lowest BCUT2D eigenvalue weighted by molar-refractivity contribution is -0.914. The molecule has 1 amide bonds. The number of carbonyl (C=O) groups is 1. The van der Waals surface area contributed by atoms with Gasteiger partial charge in [-0.15, -0.1) is 0 Å². The van der Waals surface area contributed by atoms with Crippen LogP contribution in [0.3, 0.4) is 0 Å². The first-order valence-electron chi connectivity index (χ1n) is 10.2. The predicted octanol–water partition coefficient (Wildman–Crippen LogP) is 1.98. The quantitative estimate of drug-likeness (QED) is 0.833. The van der Waals surface area contributed by atoms with Crippen LogP contribution in [0.1, 0.15) is 30.9 Å². The van der Waals surface area contributed by atoms with Crippen molar-refractivity contribution in [2.75, 3.05) is 32.8 Å². The zero-order chi connectivity index (χ0) is 19.5. The zero-order valence-electron chi connectivity index (χ0n) is 16.6. The summed E-state index contributed by atoms with van der Waals surface area (Å²) in [6.45, 7) is 8.93. The Morgan fingerprint density at radius 1 is 1.11 bits per heavy atom. The molecule has 0 aliphatic carbocycles. The van der Waals surface area contributed by atoms with Crippen LogP contribution in [-0.2, 0) is 9.53 Å². The Morgan fingerprint density at radius 2 is 1.75 bits per heavy atom. The second kappa shape index (κ2) is 8.33. The molecular weight excluding hydrogens is 352 g/mol. The number of carbonyl (C=O) groups excluding carboxylic acids is 1. The molecule has 2 aliphatic rings. The molecule has 1 saturated heterocycles. The lowest BCUT2D eigenvalue weighted by Crippen LogP contribution is -3.15. The average Bonchev–Trinajstić information content (AvgIpc) is 2.70. The summed E-state index contributed by atoms with van der Waals surface area (Å²) in [7, 11) is 0. The lowest BCUT2D eigenvalue weighted by Gasteiger charge is -2.32. The van der Waals surface area contributed by atoms with E-state index in [-0.39, 0.29) is 17.9 Å². The molecule has 2 atom stereocenters. The molecule has 5 nitrogen and oxygen atoms in total. The Hall–Kier alpha value is -2.37. The monoisotopic (exact) mass is 381 g/mol. The van der Waals surface area contributed by atoms with Gasteiger partial charge in [0.1, 0.15) is 30.7 Å². The maximum Gasteiger partial charge on any atom is 0.232 e. The number of quaternary nitrogens is 1. The average molecular weight is 381 g/mol. The van der Waals surface area contributed by atoms with E-state index in [4.69, 9.17) is 9.47 Å². The van der Waals surface area contributed by atoms with E-state index in [0.29, 0.717) is 12.5 Å². The third-order valence-corrected chi connectivity index (χ3v) is 5.47. The van der Waals surface area contributed by atoms with Crippen LogP contribution in [0.15, 0.2) is 48.5 Å². The van der Waals surface area contributed by atoms with Crippen molar-refractivity contribution < 1.29 is 19.2 Å². The van der Waals surface area contributed by atoms with Crippen molar-refractivity contribution in [1.82, 2.24) is 5.32 Å². The van der Waals surface area contributed by atoms with Crippen LogP contribution < -0.4 is 15.0 Å². The lowest BCUT2D eigenvalue weighted by atomic mass is 9.87. The first kappa shape index (κ1) is 19.0. The minimum Gasteiger partial charge on any atom is -0.457 e. The number of hydrogen-bond acceptors (Lipinski definition) is 3. The molecule has 148 valence electrons. The van der Waals surface area contributed by atoms with Gasteiger partial charge in [0.25, 0.3) is 0 Å². The van der Waals surface area contributed by atoms with Crippen LogP contribution >= 0.6 is 0 Å². The first-order valence-corrected chi connectivity index (χ1v) is 10.2. The van der Waals surface area contributed by atoms with Gasteiger partial charge in [-0.05, 0) is 12.1 Å². The SMILES string of the molecule is CC(C)C[NH+]1CCO[C@@H](CNC(=O)C2c3ccccc3Oc3ccccc32)C1. The summed E-state index contributed by atoms with van der Waals surface area (Å²) in [6.07, 6.45) is 0.0665. The molecule has 0 radical (unpaired) electrons. The van der Waals surface area contributed by atoms with Crippen molar-refractivity contribution in [3.8, 4) is 11.5 Å². The Balaban J connectivity index is 1.47. The highest BCUT2D eigenvalue weighted by Crippen LogP contribution is 2.43. The summed E-state index contributed by atoms with van der Waals surface area (Å²) in [6, 6.07) is 15.6. The Labute approximate surface area is 166 Å². The number of amides is 1. The molecule has 1 fully saturated rings. The summed E-state index contributed by atoms with van der Waals surface area (Å²) in [5.41, 5.74) is 1.82. The minimum absolute atomic E-state index is 0.00258. The molecule has 5 heteroatoms. The number of benzene rings is 2. The largest absolute Gasteiger partial charge is 0.457 e. The van der Waals surface area contributed by atoms with Crippen molar-refractivity contribution >= 4 is 5.91 Å². The van der Waals surface area contributed by atoms with E-state index in [9.17, 15) is 4.79 Å². The highest BCUT2D eigenvalue weighted by Gasteiger charge is 2.33. The normalized spacial score (nSPS) is 21.5. The van der Waals surface area contributed by atoms with Crippen LogP contribution in [0.2, 0.25) is 0 Å². The molecule has 1 unspecified atom stereocenters. The highest BCUT2D eigenvalue weighted by atomic mass is 16.5. The van der Waals surface area contributed by atoms with Gasteiger partial charge < -0.3 is 19.7 Å². The van der Waals surface area contributed by atoms with E-state index in [0.717, 1.165) is 48.9 Å². The van der Waals surface area contributed by atoms with E-state index >= 15 is 0 Å². The fraction of sp³-hybridized carbons (Fsp3) is 0.435. The summed E-state index contributed by atoms with van der Waals surface area (Å²) < 4.78 is 11.9. The Morgan fingerprint density at radius 3 is 2.39 bits per heavy atom. The van der Waals surface area contributed by atoms with Crippen LogP contribution in [0, 0.1) is 5.92 Å². The van der Waals surface area contributed by atoms with Crippen LogP contribution in [0.5, 0.6) is 11.5 Å². The summed E-state index contributed by atoms with van der Waals surface area (Å²) in [4.78, 5) is 14.8. The van der Waals surface area contributed by atoms with Crippen LogP contribution in [0.4, 0.5) is 0 Å². The van der Waals surface area contributed by atoms with Gasteiger partial charge in [0.2, 0.25) is 5.91 Å². The second-order valence-electron chi connectivity index (χ2n) is 8.15. The molecule has 0 saturated carbocycles. The molecule has 28 heavy (non-hydrogen) atoms. The number of morpholine rings is 1. The predicted molar refractivity (Wildman–Crippen MR) is 108 cm³/mol. The smallest absolute Gasteiger partial charge is 0.232 e. The van der Waals surface area contributed by atoms with Gasteiger partial charge >= 0.3 is 0 Å². The molecule has 2 aliphatic heterocycles. The maximum absolute atomic E-state index is 13.2. The van der Waals surface area contributed by atoms with Gasteiger partial charge in [0.15, 0.2) is 0 Å². The molecule has 4 rings (SSSR count). The number of hydrogen-bond donors (Lipinski definition) is 2. The van der Waals surface area contributed by atoms with Gasteiger partial charge in [0.05, 0.1) is 19.1 Å². The first-order chi connectivity index (χ1) is 13.6. The summed E-state index contributed by atoms with van der Waals surface area (Å²) in [5.74, 6) is 1.82. The maximum atomic E-state index is 13.2. The number of ether oxygens (including phenoxy) is 2. The number of nitrogens with one attached hydrogen (secondary N) is 2. The van der Waals surface area contributed by atoms with Crippen molar-refractivity contribution in [2.45, 2.75) is 25.9 Å². The van der Waals surface area contributed by atoms with Gasteiger partial charge in [-0.3, -0.25) is 4.79 Å². The molecule has 0 bridgehead atoms. The molecule has 2 N–H and O–H groups in total. The highest BCUT2D eigenvalue weighted by molar-refractivity contribution is 5.89. The number of rotatable bonds is 5. The van der Waals surface area contributed by atoms with E-state index in [1.807, 2.05) is 48.5 Å². The minimum atomic E-state index is -0.358. The number of para-hydroxylation sites is 2. The molecule has 2 heterocycles. The van der Waals surface area contributed by atoms with E-state index < -0.39 is 0 Å². The van der Waals surface area contributed by atoms with Crippen molar-refractivity contribution in [3.05, 3.63) is 59.7 Å². The van der Waals surface area contributed by atoms with Gasteiger partial charge in [0, 0.05) is 23.6 Å². The zero-order valence-corrected chi connectivity index (χ0v) is 16.6. The van der Waals surface area contributed by atoms with E-state index in [2.05, 4.69) is 19.2 Å². The van der Waals surface area contributed by atoms with Crippen molar-refractivity contribution in [3.63, 3.8) is 0 Å². The van der Waals surface area contributed by atoms with Crippen LogP contribution in [0.25, 0.3) is 0 Å². The van der Waals surface area contributed by atoms with Crippen molar-refractivity contribution in [2.24, 2.45) is 5.92 Å². The summed E-state index contributed by atoms with van der Waals surface area (Å²) >= 11 is 0. The van der Waals surface area contributed by atoms with Gasteiger partial charge in [-0.1, -0.05) is 50.2 Å². The van der Waals surface area contributed by atoms with Crippen LogP contribution in [-0.4, -0.2) is 44.8 Å². The third-order valence-electron chi connectivity index (χ3n) is 5.47. The fourth-order valence-electron chi connectivity index (χ4n) is 4.26.